The lowest BCUT2D eigenvalue weighted by Gasteiger charge is -2.43. The van der Waals surface area contributed by atoms with Crippen molar-refractivity contribution in [3.8, 4) is 0 Å². The number of amides is 2. The van der Waals surface area contributed by atoms with Crippen LogP contribution in [0.1, 0.15) is 29.7 Å². The number of ether oxygens (including phenoxy) is 1. The molecule has 1 aliphatic heterocycles. The highest BCUT2D eigenvalue weighted by Gasteiger charge is 2.42. The van der Waals surface area contributed by atoms with E-state index in [-0.39, 0.29) is 18.4 Å². The molecule has 0 aromatic heterocycles. The Labute approximate surface area is 161 Å². The number of rotatable bonds is 4. The van der Waals surface area contributed by atoms with Crippen molar-refractivity contribution in [2.24, 2.45) is 5.73 Å². The van der Waals surface area contributed by atoms with Crippen LogP contribution in [0.15, 0.2) is 48.5 Å². The zero-order valence-corrected chi connectivity index (χ0v) is 15.6. The SMILES string of the molecule is CN1C(=O)[C@@H](CC(N)=O)O[C@H](c2ccc(Cl)cc2)[C@@H]1c1ccc(Cl)cc1. The molecule has 5 nitrogen and oxygen atoms in total. The minimum atomic E-state index is -0.915. The van der Waals surface area contributed by atoms with E-state index in [1.807, 2.05) is 24.3 Å². The third kappa shape index (κ3) is 3.85. The minimum absolute atomic E-state index is 0.166. The van der Waals surface area contributed by atoms with Gasteiger partial charge in [0, 0.05) is 17.1 Å². The molecule has 0 saturated carbocycles. The van der Waals surface area contributed by atoms with Gasteiger partial charge in [-0.15, -0.1) is 0 Å². The molecule has 0 bridgehead atoms. The van der Waals surface area contributed by atoms with Crippen molar-refractivity contribution in [3.05, 3.63) is 69.7 Å². The summed E-state index contributed by atoms with van der Waals surface area (Å²) in [6, 6.07) is 14.1. The van der Waals surface area contributed by atoms with Gasteiger partial charge in [0.25, 0.3) is 5.91 Å². The molecule has 0 spiro atoms. The van der Waals surface area contributed by atoms with E-state index in [0.717, 1.165) is 11.1 Å². The van der Waals surface area contributed by atoms with E-state index in [4.69, 9.17) is 33.7 Å². The zero-order chi connectivity index (χ0) is 18.8. The Morgan fingerprint density at radius 2 is 1.54 bits per heavy atom. The van der Waals surface area contributed by atoms with E-state index < -0.39 is 18.1 Å². The van der Waals surface area contributed by atoms with E-state index in [1.54, 1.807) is 36.2 Å². The Morgan fingerprint density at radius 1 is 1.04 bits per heavy atom. The van der Waals surface area contributed by atoms with Crippen molar-refractivity contribution in [1.29, 1.82) is 0 Å². The van der Waals surface area contributed by atoms with Crippen LogP contribution in [0.25, 0.3) is 0 Å². The molecule has 136 valence electrons. The number of halogens is 2. The van der Waals surface area contributed by atoms with Crippen molar-refractivity contribution in [1.82, 2.24) is 4.90 Å². The van der Waals surface area contributed by atoms with Crippen LogP contribution in [0.3, 0.4) is 0 Å². The van der Waals surface area contributed by atoms with Gasteiger partial charge in [0.2, 0.25) is 5.91 Å². The van der Waals surface area contributed by atoms with Crippen molar-refractivity contribution in [2.75, 3.05) is 7.05 Å². The van der Waals surface area contributed by atoms with Crippen LogP contribution in [0.2, 0.25) is 10.0 Å². The molecule has 3 rings (SSSR count). The van der Waals surface area contributed by atoms with Gasteiger partial charge in [0.15, 0.2) is 0 Å². The number of morpholine rings is 1. The molecular weight excluding hydrogens is 375 g/mol. The second-order valence-corrected chi connectivity index (χ2v) is 7.09. The van der Waals surface area contributed by atoms with Crippen LogP contribution in [0.4, 0.5) is 0 Å². The summed E-state index contributed by atoms with van der Waals surface area (Å²) in [4.78, 5) is 25.6. The summed E-state index contributed by atoms with van der Waals surface area (Å²) in [5.74, 6) is -0.870. The minimum Gasteiger partial charge on any atom is -0.370 e. The second kappa shape index (κ2) is 7.66. The van der Waals surface area contributed by atoms with Crippen molar-refractivity contribution >= 4 is 35.0 Å². The summed E-state index contributed by atoms with van der Waals surface area (Å²) in [6.07, 6.45) is -1.55. The number of hydrogen-bond acceptors (Lipinski definition) is 3. The molecule has 2 N–H and O–H groups in total. The number of likely N-dealkylation sites (N-methyl/N-ethyl adjacent to an activating group) is 1. The molecule has 2 amide bonds. The van der Waals surface area contributed by atoms with Crippen molar-refractivity contribution in [2.45, 2.75) is 24.7 Å². The first-order valence-electron chi connectivity index (χ1n) is 8.08. The first kappa shape index (κ1) is 18.7. The number of nitrogens with two attached hydrogens (primary N) is 1. The van der Waals surface area contributed by atoms with Crippen LogP contribution < -0.4 is 5.73 Å². The normalized spacial score (nSPS) is 23.1. The maximum Gasteiger partial charge on any atom is 0.252 e. The van der Waals surface area contributed by atoms with Gasteiger partial charge >= 0.3 is 0 Å². The second-order valence-electron chi connectivity index (χ2n) is 6.21. The highest BCUT2D eigenvalue weighted by Crippen LogP contribution is 2.42. The number of nitrogens with zero attached hydrogens (tertiary/aromatic N) is 1. The van der Waals surface area contributed by atoms with Crippen LogP contribution >= 0.6 is 23.2 Å². The highest BCUT2D eigenvalue weighted by molar-refractivity contribution is 6.30. The molecular formula is C19H18Cl2N2O3. The van der Waals surface area contributed by atoms with Gasteiger partial charge in [0.05, 0.1) is 12.5 Å². The predicted octanol–water partition coefficient (Wildman–Crippen LogP) is 3.51. The smallest absolute Gasteiger partial charge is 0.252 e. The molecule has 0 radical (unpaired) electrons. The molecule has 2 aromatic carbocycles. The molecule has 3 atom stereocenters. The Bertz CT molecular complexity index is 809. The molecule has 2 aromatic rings. The average Bonchev–Trinajstić information content (AvgIpc) is 2.60. The van der Waals surface area contributed by atoms with Crippen LogP contribution in [-0.4, -0.2) is 29.9 Å². The lowest BCUT2D eigenvalue weighted by molar-refractivity contribution is -0.173. The fourth-order valence-electron chi connectivity index (χ4n) is 3.17. The largest absolute Gasteiger partial charge is 0.370 e. The molecule has 7 heteroatoms. The summed E-state index contributed by atoms with van der Waals surface area (Å²) in [6.45, 7) is 0. The van der Waals surface area contributed by atoms with Gasteiger partial charge in [-0.3, -0.25) is 9.59 Å². The molecule has 1 aliphatic rings. The standard InChI is InChI=1S/C19H18Cl2N2O3/c1-23-17(11-2-6-13(20)7-3-11)18(12-4-8-14(21)9-5-12)26-15(19(23)25)10-16(22)24/h2-9,15,17-18H,10H2,1H3,(H2,22,24)/t15-,17+,18-/m1/s1. The van der Waals surface area contributed by atoms with E-state index in [9.17, 15) is 9.59 Å². The fourth-order valence-corrected chi connectivity index (χ4v) is 3.42. The zero-order valence-electron chi connectivity index (χ0n) is 14.1. The topological polar surface area (TPSA) is 72.6 Å². The Kier molecular flexibility index (Phi) is 5.51. The Morgan fingerprint density at radius 3 is 2.04 bits per heavy atom. The summed E-state index contributed by atoms with van der Waals surface area (Å²) in [5.41, 5.74) is 7.00. The van der Waals surface area contributed by atoms with Gasteiger partial charge in [0.1, 0.15) is 12.2 Å². The molecule has 26 heavy (non-hydrogen) atoms. The van der Waals surface area contributed by atoms with Gasteiger partial charge in [-0.05, 0) is 35.4 Å². The Balaban J connectivity index is 2.02. The molecule has 0 aliphatic carbocycles. The first-order valence-corrected chi connectivity index (χ1v) is 8.84. The van der Waals surface area contributed by atoms with E-state index >= 15 is 0 Å². The first-order chi connectivity index (χ1) is 12.4. The summed E-state index contributed by atoms with van der Waals surface area (Å²) in [7, 11) is 1.70. The number of benzene rings is 2. The molecule has 1 saturated heterocycles. The molecule has 1 fully saturated rings. The Hall–Kier alpha value is -2.08. The number of hydrogen-bond donors (Lipinski definition) is 1. The number of primary amides is 1. The van der Waals surface area contributed by atoms with E-state index in [1.165, 1.54) is 0 Å². The third-order valence-electron chi connectivity index (χ3n) is 4.43. The van der Waals surface area contributed by atoms with Gasteiger partial charge in [-0.25, -0.2) is 0 Å². The maximum atomic E-state index is 12.7. The average molecular weight is 393 g/mol. The van der Waals surface area contributed by atoms with Crippen LogP contribution in [-0.2, 0) is 14.3 Å². The highest BCUT2D eigenvalue weighted by atomic mass is 35.5. The van der Waals surface area contributed by atoms with Gasteiger partial charge in [-0.1, -0.05) is 47.5 Å². The maximum absolute atomic E-state index is 12.7. The predicted molar refractivity (Wildman–Crippen MR) is 99.8 cm³/mol. The van der Waals surface area contributed by atoms with Gasteiger partial charge < -0.3 is 15.4 Å². The molecule has 1 heterocycles. The lowest BCUT2D eigenvalue weighted by Crippen LogP contribution is -2.49. The summed E-state index contributed by atoms with van der Waals surface area (Å²) < 4.78 is 6.04. The monoisotopic (exact) mass is 392 g/mol. The van der Waals surface area contributed by atoms with Crippen LogP contribution in [0.5, 0.6) is 0 Å². The van der Waals surface area contributed by atoms with Gasteiger partial charge in [-0.2, -0.15) is 0 Å². The summed E-state index contributed by atoms with van der Waals surface area (Å²) in [5, 5.41) is 1.21. The van der Waals surface area contributed by atoms with Crippen LogP contribution in [0, 0.1) is 0 Å². The quantitative estimate of drug-likeness (QED) is 0.864. The number of carbonyl (C=O) groups is 2. The van der Waals surface area contributed by atoms with Crippen molar-refractivity contribution < 1.29 is 14.3 Å². The number of carbonyl (C=O) groups excluding carboxylic acids is 2. The third-order valence-corrected chi connectivity index (χ3v) is 4.94. The molecule has 0 unspecified atom stereocenters. The summed E-state index contributed by atoms with van der Waals surface area (Å²) >= 11 is 12.0. The lowest BCUT2D eigenvalue weighted by atomic mass is 9.91. The van der Waals surface area contributed by atoms with E-state index in [0.29, 0.717) is 10.0 Å². The fraction of sp³-hybridized carbons (Fsp3) is 0.263. The van der Waals surface area contributed by atoms with E-state index in [2.05, 4.69) is 0 Å². The van der Waals surface area contributed by atoms with Crippen molar-refractivity contribution in [3.63, 3.8) is 0 Å².